The van der Waals surface area contributed by atoms with Gasteiger partial charge in [0, 0.05) is 12.7 Å². The highest BCUT2D eigenvalue weighted by molar-refractivity contribution is 7.91. The summed E-state index contributed by atoms with van der Waals surface area (Å²) >= 11 is 0. The fourth-order valence-electron chi connectivity index (χ4n) is 3.11. The lowest BCUT2D eigenvalue weighted by Gasteiger charge is -2.13. The van der Waals surface area contributed by atoms with Crippen LogP contribution in [0.1, 0.15) is 0 Å². The molecule has 7 nitrogen and oxygen atoms in total. The molecule has 0 atom stereocenters. The molecule has 0 saturated carbocycles. The van der Waals surface area contributed by atoms with E-state index in [2.05, 4.69) is 11.6 Å². The number of hydrogen-bond acceptors (Lipinski definition) is 5. The Morgan fingerprint density at radius 3 is 2.59 bits per heavy atom. The molecule has 3 aromatic heterocycles. The third-order valence-corrected chi connectivity index (χ3v) is 6.29. The van der Waals surface area contributed by atoms with Crippen molar-refractivity contribution in [2.24, 2.45) is 0 Å². The van der Waals surface area contributed by atoms with Crippen molar-refractivity contribution in [3.8, 4) is 0 Å². The van der Waals surface area contributed by atoms with Gasteiger partial charge in [0.05, 0.1) is 10.3 Å². The standard InChI is InChI=1S/C20H15FN4O3S/c1-2-10-25-18(22)16(29(27,28)14-8-6-13(21)7-9-14)12-15-19(25)23-17-5-3-4-11-24(17)20(15)26/h2-9,11-12,22H,1,10H2. The van der Waals surface area contributed by atoms with Crippen molar-refractivity contribution in [2.45, 2.75) is 16.3 Å². The minimum Gasteiger partial charge on any atom is -0.306 e. The number of rotatable bonds is 4. The summed E-state index contributed by atoms with van der Waals surface area (Å²) in [5.74, 6) is -0.579. The molecule has 146 valence electrons. The Kier molecular flexibility index (Phi) is 4.39. The molecule has 1 N–H and O–H groups in total. The van der Waals surface area contributed by atoms with Crippen molar-refractivity contribution in [1.29, 1.82) is 5.41 Å². The van der Waals surface area contributed by atoms with Crippen LogP contribution < -0.4 is 11.0 Å². The summed E-state index contributed by atoms with van der Waals surface area (Å²) in [4.78, 5) is 16.9. The Bertz CT molecular complexity index is 1500. The van der Waals surface area contributed by atoms with E-state index in [4.69, 9.17) is 5.41 Å². The predicted molar refractivity (Wildman–Crippen MR) is 105 cm³/mol. The molecule has 0 aliphatic heterocycles. The number of halogens is 1. The fraction of sp³-hybridized carbons (Fsp3) is 0.0500. The summed E-state index contributed by atoms with van der Waals surface area (Å²) < 4.78 is 42.1. The van der Waals surface area contributed by atoms with Gasteiger partial charge >= 0.3 is 0 Å². The number of allylic oxidation sites excluding steroid dienone is 1. The first-order chi connectivity index (χ1) is 13.8. The molecular formula is C20H15FN4O3S. The molecule has 4 aromatic rings. The number of benzene rings is 1. The molecule has 3 heterocycles. The summed E-state index contributed by atoms with van der Waals surface area (Å²) in [6.07, 6.45) is 3.02. The number of sulfone groups is 1. The minimum atomic E-state index is -4.17. The van der Waals surface area contributed by atoms with E-state index in [0.717, 1.165) is 30.3 Å². The van der Waals surface area contributed by atoms with Crippen molar-refractivity contribution in [3.05, 3.63) is 89.0 Å². The number of pyridine rings is 2. The Hall–Kier alpha value is -3.59. The van der Waals surface area contributed by atoms with Crippen LogP contribution in [0.5, 0.6) is 0 Å². The van der Waals surface area contributed by atoms with Gasteiger partial charge in [0.1, 0.15) is 27.5 Å². The van der Waals surface area contributed by atoms with Crippen molar-refractivity contribution in [2.75, 3.05) is 0 Å². The van der Waals surface area contributed by atoms with Gasteiger partial charge in [-0.1, -0.05) is 12.1 Å². The molecular weight excluding hydrogens is 395 g/mol. The minimum absolute atomic E-state index is 0.0484. The SMILES string of the molecule is C=CCn1c(=N)c(S(=O)(=O)c2ccc(F)cc2)cc2c(=O)n3ccccc3nc21. The Morgan fingerprint density at radius 1 is 1.17 bits per heavy atom. The number of hydrogen-bond donors (Lipinski definition) is 1. The highest BCUT2D eigenvalue weighted by Gasteiger charge is 2.24. The molecule has 0 bridgehead atoms. The van der Waals surface area contributed by atoms with Crippen LogP contribution in [0.4, 0.5) is 4.39 Å². The zero-order chi connectivity index (χ0) is 20.8. The first-order valence-electron chi connectivity index (χ1n) is 8.55. The highest BCUT2D eigenvalue weighted by atomic mass is 32.2. The third kappa shape index (κ3) is 2.95. The van der Waals surface area contributed by atoms with E-state index in [1.54, 1.807) is 18.2 Å². The van der Waals surface area contributed by atoms with E-state index in [1.807, 2.05) is 0 Å². The summed E-state index contributed by atoms with van der Waals surface area (Å²) in [5, 5.41) is 8.52. The van der Waals surface area contributed by atoms with E-state index in [0.29, 0.717) is 5.65 Å². The lowest BCUT2D eigenvalue weighted by atomic mass is 10.3. The third-order valence-electron chi connectivity index (χ3n) is 4.51. The lowest BCUT2D eigenvalue weighted by Crippen LogP contribution is -2.29. The number of nitrogens with one attached hydrogen (secondary N) is 1. The van der Waals surface area contributed by atoms with Crippen LogP contribution in [0.15, 0.2) is 82.0 Å². The molecule has 0 spiro atoms. The van der Waals surface area contributed by atoms with Crippen LogP contribution >= 0.6 is 0 Å². The number of nitrogens with zero attached hydrogens (tertiary/aromatic N) is 3. The van der Waals surface area contributed by atoms with Gasteiger partial charge in [0.2, 0.25) is 9.84 Å². The van der Waals surface area contributed by atoms with Gasteiger partial charge in [-0.3, -0.25) is 14.6 Å². The largest absolute Gasteiger partial charge is 0.306 e. The van der Waals surface area contributed by atoms with E-state index in [9.17, 15) is 17.6 Å². The molecule has 0 amide bonds. The molecule has 4 rings (SSSR count). The van der Waals surface area contributed by atoms with Gasteiger partial charge in [-0.05, 0) is 42.5 Å². The Labute approximate surface area is 164 Å². The van der Waals surface area contributed by atoms with Gasteiger partial charge in [-0.15, -0.1) is 6.58 Å². The maximum Gasteiger partial charge on any atom is 0.267 e. The molecule has 1 aromatic carbocycles. The second-order valence-corrected chi connectivity index (χ2v) is 8.22. The normalized spacial score (nSPS) is 11.8. The zero-order valence-corrected chi connectivity index (χ0v) is 15.9. The van der Waals surface area contributed by atoms with Gasteiger partial charge in [0.15, 0.2) is 0 Å². The van der Waals surface area contributed by atoms with Crippen LogP contribution in [0.2, 0.25) is 0 Å². The first kappa shape index (κ1) is 18.8. The molecule has 0 radical (unpaired) electrons. The molecule has 9 heteroatoms. The van der Waals surface area contributed by atoms with E-state index in [-0.39, 0.29) is 32.9 Å². The molecule has 0 aliphatic rings. The monoisotopic (exact) mass is 410 g/mol. The van der Waals surface area contributed by atoms with Gasteiger partial charge < -0.3 is 4.57 Å². The average molecular weight is 410 g/mol. The average Bonchev–Trinajstić information content (AvgIpc) is 2.70. The number of fused-ring (bicyclic) bond motifs is 2. The van der Waals surface area contributed by atoms with Gasteiger partial charge in [-0.2, -0.15) is 0 Å². The Morgan fingerprint density at radius 2 is 1.90 bits per heavy atom. The van der Waals surface area contributed by atoms with Crippen molar-refractivity contribution in [3.63, 3.8) is 0 Å². The van der Waals surface area contributed by atoms with Crippen LogP contribution in [0.25, 0.3) is 16.7 Å². The first-order valence-corrected chi connectivity index (χ1v) is 10.0. The molecule has 0 aliphatic carbocycles. The topological polar surface area (TPSA) is 97.3 Å². The second-order valence-electron chi connectivity index (χ2n) is 6.30. The summed E-state index contributed by atoms with van der Waals surface area (Å²) in [6.45, 7) is 3.72. The van der Waals surface area contributed by atoms with Crippen LogP contribution in [0, 0.1) is 11.2 Å². The molecule has 0 saturated heterocycles. The zero-order valence-electron chi connectivity index (χ0n) is 15.0. The second kappa shape index (κ2) is 6.78. The van der Waals surface area contributed by atoms with E-state index < -0.39 is 21.2 Å². The molecule has 0 unspecified atom stereocenters. The van der Waals surface area contributed by atoms with Gasteiger partial charge in [0.25, 0.3) is 5.56 Å². The summed E-state index contributed by atoms with van der Waals surface area (Å²) in [6, 6.07) is 10.5. The predicted octanol–water partition coefficient (Wildman–Crippen LogP) is 2.29. The summed E-state index contributed by atoms with van der Waals surface area (Å²) in [5.41, 5.74) is -0.242. The lowest BCUT2D eigenvalue weighted by molar-refractivity contribution is 0.590. The maximum absolute atomic E-state index is 13.2. The van der Waals surface area contributed by atoms with Crippen molar-refractivity contribution >= 4 is 26.5 Å². The van der Waals surface area contributed by atoms with E-state index >= 15 is 0 Å². The Balaban J connectivity index is 2.14. The van der Waals surface area contributed by atoms with Crippen molar-refractivity contribution < 1.29 is 12.8 Å². The van der Waals surface area contributed by atoms with Crippen LogP contribution in [-0.2, 0) is 16.4 Å². The molecule has 0 fully saturated rings. The molecule has 29 heavy (non-hydrogen) atoms. The smallest absolute Gasteiger partial charge is 0.267 e. The van der Waals surface area contributed by atoms with Crippen LogP contribution in [-0.4, -0.2) is 22.4 Å². The fourth-order valence-corrected chi connectivity index (χ4v) is 4.50. The summed E-state index contributed by atoms with van der Waals surface area (Å²) in [7, 11) is -4.17. The quantitative estimate of drug-likeness (QED) is 0.317. The van der Waals surface area contributed by atoms with Gasteiger partial charge in [-0.25, -0.2) is 17.8 Å². The number of aromatic nitrogens is 3. The van der Waals surface area contributed by atoms with Crippen LogP contribution in [0.3, 0.4) is 0 Å². The maximum atomic E-state index is 13.2. The highest BCUT2D eigenvalue weighted by Crippen LogP contribution is 2.21. The van der Waals surface area contributed by atoms with Crippen molar-refractivity contribution in [1.82, 2.24) is 14.0 Å². The van der Waals surface area contributed by atoms with E-state index in [1.165, 1.54) is 21.2 Å².